The fourth-order valence-electron chi connectivity index (χ4n) is 11.7. The number of likely N-dealkylation sites (tertiary alicyclic amines) is 2. The number of piperidine rings is 2. The third-order valence-corrected chi connectivity index (χ3v) is 16.0. The molecule has 9 rings (SSSR count). The van der Waals surface area contributed by atoms with Crippen molar-refractivity contribution in [1.29, 1.82) is 0 Å². The molecular weight excluding hydrogens is 942 g/mol. The predicted octanol–water partition coefficient (Wildman–Crippen LogP) is 6.29. The van der Waals surface area contributed by atoms with E-state index in [0.717, 1.165) is 96.1 Å². The van der Waals surface area contributed by atoms with Gasteiger partial charge in [0.2, 0.25) is 11.8 Å². The standard InChI is InChI=1S/C57H74FN9O7/c1-57(2,3)74-56(73)67-24-20-41(21-25-67)43-12-9-13-44(36-43)52(69)59-51(42-10-5-4-6-11-42)55(72)66-28-26-63(27-29-66)37-39-18-22-62(23-19-39)38-50(68)64-30-32-65(33-31-64)54(71)47-34-40(16-17-48(47)58)35-49-45-14-7-8-15-46(45)53(70)61-60-49/h7-9,12-17,34,36,39,41-42,51H,4-6,10-11,18-33,35,37-38H2,1-3H3,(H,59,69)(H,61,70)/t51-/m1/s1. The molecule has 1 saturated carbocycles. The second-order valence-electron chi connectivity index (χ2n) is 22.3. The maximum atomic E-state index is 15.1. The predicted molar refractivity (Wildman–Crippen MR) is 280 cm³/mol. The van der Waals surface area contributed by atoms with Crippen LogP contribution in [0.25, 0.3) is 10.8 Å². The molecule has 0 unspecified atom stereocenters. The molecule has 0 bridgehead atoms. The van der Waals surface area contributed by atoms with E-state index in [0.29, 0.717) is 98.8 Å². The fraction of sp³-hybridized carbons (Fsp3) is 0.561. The number of hydrogen-bond donors (Lipinski definition) is 2. The minimum Gasteiger partial charge on any atom is -0.444 e. The van der Waals surface area contributed by atoms with Crippen LogP contribution < -0.4 is 10.9 Å². The molecule has 5 fully saturated rings. The van der Waals surface area contributed by atoms with Crippen molar-refractivity contribution in [1.82, 2.24) is 44.9 Å². The minimum atomic E-state index is -0.607. The van der Waals surface area contributed by atoms with Gasteiger partial charge in [0.1, 0.15) is 17.5 Å². The van der Waals surface area contributed by atoms with Crippen LogP contribution in [0.5, 0.6) is 0 Å². The zero-order valence-corrected chi connectivity index (χ0v) is 43.5. The van der Waals surface area contributed by atoms with E-state index in [4.69, 9.17) is 4.74 Å². The number of benzene rings is 3. The summed E-state index contributed by atoms with van der Waals surface area (Å²) in [6.45, 7) is 13.9. The van der Waals surface area contributed by atoms with E-state index in [9.17, 15) is 28.8 Å². The van der Waals surface area contributed by atoms with E-state index >= 15 is 4.39 Å². The second-order valence-corrected chi connectivity index (χ2v) is 22.3. The molecule has 0 radical (unpaired) electrons. The number of H-pyrrole nitrogens is 1. The molecular formula is C57H74FN9O7. The van der Waals surface area contributed by atoms with Gasteiger partial charge < -0.3 is 29.7 Å². The van der Waals surface area contributed by atoms with Crippen molar-refractivity contribution in [3.63, 3.8) is 0 Å². The second kappa shape index (κ2) is 23.6. The molecule has 16 nitrogen and oxygen atoms in total. The summed E-state index contributed by atoms with van der Waals surface area (Å²) >= 11 is 0. The lowest BCUT2D eigenvalue weighted by Crippen LogP contribution is -2.57. The lowest BCUT2D eigenvalue weighted by Gasteiger charge is -2.41. The number of nitrogens with one attached hydrogen (secondary N) is 2. The number of aromatic amines is 1. The first-order valence-corrected chi connectivity index (χ1v) is 27.1. The smallest absolute Gasteiger partial charge is 0.410 e. The van der Waals surface area contributed by atoms with Crippen LogP contribution in [-0.4, -0.2) is 173 Å². The highest BCUT2D eigenvalue weighted by Crippen LogP contribution is 2.31. The van der Waals surface area contributed by atoms with Crippen LogP contribution in [0.4, 0.5) is 9.18 Å². The number of carbonyl (C=O) groups excluding carboxylic acids is 5. The molecule has 1 atom stereocenters. The largest absolute Gasteiger partial charge is 0.444 e. The van der Waals surface area contributed by atoms with Gasteiger partial charge in [0.05, 0.1) is 23.2 Å². The van der Waals surface area contributed by atoms with Crippen LogP contribution in [0.2, 0.25) is 0 Å². The summed E-state index contributed by atoms with van der Waals surface area (Å²) in [6, 6.07) is 18.9. The molecule has 5 amide bonds. The summed E-state index contributed by atoms with van der Waals surface area (Å²) in [7, 11) is 0. The van der Waals surface area contributed by atoms with Gasteiger partial charge in [-0.2, -0.15) is 5.10 Å². The number of rotatable bonds is 12. The number of aromatic nitrogens is 2. The molecule has 0 spiro atoms. The van der Waals surface area contributed by atoms with Crippen molar-refractivity contribution in [2.24, 2.45) is 11.8 Å². The van der Waals surface area contributed by atoms with Gasteiger partial charge in [-0.15, -0.1) is 0 Å². The summed E-state index contributed by atoms with van der Waals surface area (Å²) in [5.41, 5.74) is 2.10. The van der Waals surface area contributed by atoms with Gasteiger partial charge in [-0.1, -0.05) is 55.7 Å². The van der Waals surface area contributed by atoms with Crippen molar-refractivity contribution in [3.8, 4) is 0 Å². The molecule has 1 aliphatic carbocycles. The van der Waals surface area contributed by atoms with Gasteiger partial charge in [-0.05, 0) is 132 Å². The van der Waals surface area contributed by atoms with Crippen molar-refractivity contribution in [2.45, 2.75) is 103 Å². The number of carbonyl (C=O) groups is 5. The molecule has 5 aliphatic rings. The average molecular weight is 1020 g/mol. The van der Waals surface area contributed by atoms with Crippen LogP contribution >= 0.6 is 0 Å². The topological polar surface area (TPSA) is 172 Å². The first kappa shape index (κ1) is 52.7. The quantitative estimate of drug-likeness (QED) is 0.165. The Bertz CT molecular complexity index is 2710. The van der Waals surface area contributed by atoms with Gasteiger partial charge in [0, 0.05) is 89.4 Å². The van der Waals surface area contributed by atoms with Crippen LogP contribution in [0.3, 0.4) is 0 Å². The number of ether oxygens (including phenoxy) is 1. The minimum absolute atomic E-state index is 0.0212. The molecule has 3 aromatic carbocycles. The number of amides is 5. The summed E-state index contributed by atoms with van der Waals surface area (Å²) in [6.07, 6.45) is 8.67. The molecule has 1 aromatic heterocycles. The lowest BCUT2D eigenvalue weighted by atomic mass is 9.83. The normalized spacial score (nSPS) is 19.6. The first-order chi connectivity index (χ1) is 35.7. The number of hydrogen-bond acceptors (Lipinski definition) is 10. The van der Waals surface area contributed by atoms with Crippen LogP contribution in [-0.2, 0) is 20.7 Å². The maximum Gasteiger partial charge on any atom is 0.410 e. The van der Waals surface area contributed by atoms with Crippen LogP contribution in [0.1, 0.15) is 122 Å². The highest BCUT2D eigenvalue weighted by atomic mass is 19.1. The van der Waals surface area contributed by atoms with E-state index in [2.05, 4.69) is 31.4 Å². The highest BCUT2D eigenvalue weighted by molar-refractivity contribution is 5.98. The summed E-state index contributed by atoms with van der Waals surface area (Å²) in [5, 5.41) is 11.2. The molecule has 74 heavy (non-hydrogen) atoms. The zero-order valence-electron chi connectivity index (χ0n) is 43.5. The Morgan fingerprint density at radius 1 is 0.716 bits per heavy atom. The Morgan fingerprint density at radius 2 is 1.39 bits per heavy atom. The Morgan fingerprint density at radius 3 is 2.09 bits per heavy atom. The summed E-state index contributed by atoms with van der Waals surface area (Å²) < 4.78 is 20.7. The SMILES string of the molecule is CC(C)(C)OC(=O)N1CCC(c2cccc(C(=O)N[C@@H](C(=O)N3CCN(CC4CCN(CC(=O)N5CCN(C(=O)c6cc(Cc7n[nH]c(=O)c8ccccc78)ccc6F)CC5)CC4)CC3)C3CCCCC3)c2)CC1. The van der Waals surface area contributed by atoms with Crippen molar-refractivity contribution < 1.29 is 33.1 Å². The molecule has 4 aromatic rings. The van der Waals surface area contributed by atoms with Crippen molar-refractivity contribution in [3.05, 3.63) is 111 Å². The van der Waals surface area contributed by atoms with E-state index in [1.54, 1.807) is 39.0 Å². The number of fused-ring (bicyclic) bond motifs is 1. The van der Waals surface area contributed by atoms with Gasteiger partial charge in [0.25, 0.3) is 17.4 Å². The molecule has 396 valence electrons. The van der Waals surface area contributed by atoms with E-state index in [-0.39, 0.29) is 46.8 Å². The van der Waals surface area contributed by atoms with Gasteiger partial charge in [-0.3, -0.25) is 33.8 Å². The number of piperazine rings is 2. The molecule has 4 saturated heterocycles. The first-order valence-electron chi connectivity index (χ1n) is 27.1. The van der Waals surface area contributed by atoms with Gasteiger partial charge >= 0.3 is 6.09 Å². The maximum absolute atomic E-state index is 15.1. The van der Waals surface area contributed by atoms with Crippen LogP contribution in [0.15, 0.2) is 71.5 Å². The Balaban J connectivity index is 0.700. The Kier molecular flexibility index (Phi) is 16.8. The molecule has 2 N–H and O–H groups in total. The summed E-state index contributed by atoms with van der Waals surface area (Å²) in [5.74, 6) is -0.357. The number of halogens is 1. The molecule has 17 heteroatoms. The van der Waals surface area contributed by atoms with E-state index in [1.165, 1.54) is 6.07 Å². The molecule has 5 heterocycles. The van der Waals surface area contributed by atoms with Crippen LogP contribution in [0, 0.1) is 17.7 Å². The van der Waals surface area contributed by atoms with Gasteiger partial charge in [0.15, 0.2) is 0 Å². The highest BCUT2D eigenvalue weighted by Gasteiger charge is 2.37. The van der Waals surface area contributed by atoms with E-state index < -0.39 is 23.4 Å². The zero-order chi connectivity index (χ0) is 51.9. The van der Waals surface area contributed by atoms with Crippen molar-refractivity contribution >= 4 is 40.5 Å². The Labute approximate surface area is 433 Å². The third kappa shape index (κ3) is 13.0. The fourth-order valence-corrected chi connectivity index (χ4v) is 11.7. The monoisotopic (exact) mass is 1020 g/mol. The number of nitrogens with zero attached hydrogens (tertiary/aromatic N) is 7. The molecule has 4 aliphatic heterocycles. The van der Waals surface area contributed by atoms with Gasteiger partial charge in [-0.25, -0.2) is 14.3 Å². The van der Waals surface area contributed by atoms with Crippen molar-refractivity contribution in [2.75, 3.05) is 91.6 Å². The lowest BCUT2D eigenvalue weighted by molar-refractivity contribution is -0.137. The Hall–Kier alpha value is -6.20. The average Bonchev–Trinajstić information content (AvgIpc) is 3.42. The summed E-state index contributed by atoms with van der Waals surface area (Å²) in [4.78, 5) is 92.3. The van der Waals surface area contributed by atoms with E-state index in [1.807, 2.05) is 56.0 Å². The third-order valence-electron chi connectivity index (χ3n) is 16.0.